The second-order valence-corrected chi connectivity index (χ2v) is 13.8. The highest BCUT2D eigenvalue weighted by Crippen LogP contribution is 2.40. The molecular formula is C30H39FN4O6S. The summed E-state index contributed by atoms with van der Waals surface area (Å²) in [5.74, 6) is -0.849. The Hall–Kier alpha value is -3.38. The van der Waals surface area contributed by atoms with E-state index in [9.17, 15) is 18.0 Å². The Balaban J connectivity index is 1.27. The number of nitrogens with zero attached hydrogens (tertiary/aromatic N) is 3. The van der Waals surface area contributed by atoms with E-state index in [0.717, 1.165) is 47.8 Å². The summed E-state index contributed by atoms with van der Waals surface area (Å²) < 4.78 is 55.9. The zero-order valence-corrected chi connectivity index (χ0v) is 25.2. The predicted molar refractivity (Wildman–Crippen MR) is 156 cm³/mol. The fraction of sp³-hybridized carbons (Fsp3) is 0.533. The molecule has 12 heteroatoms. The lowest BCUT2D eigenvalue weighted by Gasteiger charge is -2.35. The number of hydrogen-bond acceptors (Lipinski definition) is 7. The second-order valence-electron chi connectivity index (χ2n) is 12.2. The molecule has 2 aromatic rings. The van der Waals surface area contributed by atoms with Crippen LogP contribution in [0.1, 0.15) is 56.7 Å². The van der Waals surface area contributed by atoms with Crippen molar-refractivity contribution >= 4 is 27.9 Å². The maximum absolute atomic E-state index is 16.3. The smallest absolute Gasteiger partial charge is 0.410 e. The summed E-state index contributed by atoms with van der Waals surface area (Å²) in [4.78, 5) is 28.3. The minimum absolute atomic E-state index is 0.0976. The largest absolute Gasteiger partial charge is 0.487 e. The molecule has 3 heterocycles. The Labute approximate surface area is 246 Å². The minimum atomic E-state index is -4.24. The lowest BCUT2D eigenvalue weighted by Crippen LogP contribution is -2.42. The van der Waals surface area contributed by atoms with E-state index in [-0.39, 0.29) is 24.1 Å². The van der Waals surface area contributed by atoms with Gasteiger partial charge in [-0.3, -0.25) is 9.69 Å². The van der Waals surface area contributed by atoms with Gasteiger partial charge in [-0.05, 0) is 76.1 Å². The summed E-state index contributed by atoms with van der Waals surface area (Å²) in [6.07, 6.45) is 3.01. The first kappa shape index (κ1) is 30.1. The van der Waals surface area contributed by atoms with E-state index >= 15 is 4.39 Å². The number of halogens is 1. The number of hydrogen-bond donors (Lipinski definition) is 1. The summed E-state index contributed by atoms with van der Waals surface area (Å²) in [6.45, 7) is 8.34. The molecule has 0 aromatic heterocycles. The summed E-state index contributed by atoms with van der Waals surface area (Å²) in [6, 6.07) is 11.1. The summed E-state index contributed by atoms with van der Waals surface area (Å²) >= 11 is 0. The molecule has 228 valence electrons. The minimum Gasteiger partial charge on any atom is -0.487 e. The first-order valence-corrected chi connectivity index (χ1v) is 15.9. The number of piperidine rings is 1. The molecule has 0 atom stereocenters. The maximum Gasteiger partial charge on any atom is 0.410 e. The number of benzene rings is 2. The van der Waals surface area contributed by atoms with Crippen LogP contribution >= 0.6 is 0 Å². The molecule has 5 rings (SSSR count). The second kappa shape index (κ2) is 12.1. The van der Waals surface area contributed by atoms with Gasteiger partial charge in [0.15, 0.2) is 5.82 Å². The van der Waals surface area contributed by atoms with Crippen LogP contribution in [0.4, 0.5) is 14.9 Å². The molecule has 3 aliphatic heterocycles. The van der Waals surface area contributed by atoms with Crippen LogP contribution in [0.25, 0.3) is 0 Å². The average Bonchev–Trinajstić information content (AvgIpc) is 3.21. The van der Waals surface area contributed by atoms with E-state index in [4.69, 9.17) is 9.47 Å². The molecule has 1 N–H and O–H groups in total. The predicted octanol–water partition coefficient (Wildman–Crippen LogP) is 3.98. The van der Waals surface area contributed by atoms with E-state index in [1.165, 1.54) is 0 Å². The molecule has 2 aromatic carbocycles. The Kier molecular flexibility index (Phi) is 8.66. The van der Waals surface area contributed by atoms with Gasteiger partial charge >= 0.3 is 16.3 Å². The van der Waals surface area contributed by atoms with Crippen molar-refractivity contribution in [2.24, 2.45) is 5.92 Å². The summed E-state index contributed by atoms with van der Waals surface area (Å²) in [7, 11) is -4.24. The van der Waals surface area contributed by atoms with E-state index in [1.807, 2.05) is 55.8 Å². The van der Waals surface area contributed by atoms with Gasteiger partial charge in [-0.25, -0.2) is 18.2 Å². The molecule has 0 radical (unpaired) electrons. The van der Waals surface area contributed by atoms with Crippen molar-refractivity contribution in [2.75, 3.05) is 37.0 Å². The Morgan fingerprint density at radius 3 is 2.45 bits per heavy atom. The molecule has 2 saturated heterocycles. The van der Waals surface area contributed by atoms with Crippen molar-refractivity contribution in [3.05, 3.63) is 58.9 Å². The van der Waals surface area contributed by atoms with Crippen molar-refractivity contribution in [1.29, 1.82) is 0 Å². The van der Waals surface area contributed by atoms with Gasteiger partial charge in [0.1, 0.15) is 30.2 Å². The van der Waals surface area contributed by atoms with Crippen LogP contribution in [0, 0.1) is 11.7 Å². The molecule has 0 saturated carbocycles. The molecule has 0 aliphatic carbocycles. The van der Waals surface area contributed by atoms with Gasteiger partial charge in [-0.15, -0.1) is 0 Å². The number of ether oxygens (including phenoxy) is 2. The van der Waals surface area contributed by atoms with Gasteiger partial charge in [0.2, 0.25) is 0 Å². The lowest BCUT2D eigenvalue weighted by molar-refractivity contribution is -0.117. The summed E-state index contributed by atoms with van der Waals surface area (Å²) in [5, 5.41) is 0. The van der Waals surface area contributed by atoms with E-state index < -0.39 is 34.1 Å². The summed E-state index contributed by atoms with van der Waals surface area (Å²) in [5.41, 5.74) is 1.30. The number of carbonyl (C=O) groups is 2. The zero-order valence-electron chi connectivity index (χ0n) is 24.4. The van der Waals surface area contributed by atoms with Gasteiger partial charge < -0.3 is 14.4 Å². The van der Waals surface area contributed by atoms with Crippen LogP contribution < -0.4 is 13.8 Å². The SMILES string of the molecule is CC(C)(C)OC(=O)N1CCC(CCN2CCc3cc(OCc4ccccc4)c(N4CC(=O)NS4(=O)=O)c(F)c3C2)CC1. The third kappa shape index (κ3) is 6.97. The van der Waals surface area contributed by atoms with Crippen LogP contribution in [0.3, 0.4) is 0 Å². The molecule has 3 aliphatic rings. The van der Waals surface area contributed by atoms with Gasteiger partial charge in [0, 0.05) is 31.7 Å². The highest BCUT2D eigenvalue weighted by molar-refractivity contribution is 7.92. The molecular weight excluding hydrogens is 563 g/mol. The number of fused-ring (bicyclic) bond motifs is 1. The highest BCUT2D eigenvalue weighted by Gasteiger charge is 2.39. The van der Waals surface area contributed by atoms with E-state index in [0.29, 0.717) is 37.5 Å². The quantitative estimate of drug-likeness (QED) is 0.511. The van der Waals surface area contributed by atoms with Crippen molar-refractivity contribution in [2.45, 2.75) is 65.2 Å². The number of anilines is 1. The average molecular weight is 603 g/mol. The fourth-order valence-corrected chi connectivity index (χ4v) is 6.85. The standard InChI is InChI=1S/C30H39FN4O6S/c1-30(2,3)41-29(37)34-15-10-21(11-16-34)9-13-33-14-12-23-17-25(40-20-22-7-5-4-6-8-22)28(27(31)24(23)18-33)35-19-26(36)32-42(35,38)39/h4-8,17,21H,9-16,18-20H2,1-3H3,(H,32,36). The van der Waals surface area contributed by atoms with Crippen molar-refractivity contribution in [3.8, 4) is 5.75 Å². The number of rotatable bonds is 7. The first-order chi connectivity index (χ1) is 19.9. The first-order valence-electron chi connectivity index (χ1n) is 14.4. The van der Waals surface area contributed by atoms with Crippen LogP contribution in [-0.2, 0) is 39.3 Å². The van der Waals surface area contributed by atoms with Crippen LogP contribution in [0.15, 0.2) is 36.4 Å². The molecule has 0 bridgehead atoms. The van der Waals surface area contributed by atoms with E-state index in [1.54, 1.807) is 11.0 Å². The van der Waals surface area contributed by atoms with Gasteiger partial charge in [-0.2, -0.15) is 8.42 Å². The number of nitrogens with one attached hydrogen (secondary N) is 1. The van der Waals surface area contributed by atoms with Crippen molar-refractivity contribution in [1.82, 2.24) is 14.5 Å². The molecule has 2 fully saturated rings. The van der Waals surface area contributed by atoms with Gasteiger partial charge in [-0.1, -0.05) is 30.3 Å². The third-order valence-electron chi connectivity index (χ3n) is 7.90. The normalized spacial score (nSPS) is 19.4. The fourth-order valence-electron chi connectivity index (χ4n) is 5.69. The number of likely N-dealkylation sites (tertiary alicyclic amines) is 1. The van der Waals surface area contributed by atoms with Crippen LogP contribution in [0.2, 0.25) is 0 Å². The Morgan fingerprint density at radius 1 is 1.10 bits per heavy atom. The van der Waals surface area contributed by atoms with Gasteiger partial charge in [0.05, 0.1) is 0 Å². The van der Waals surface area contributed by atoms with Crippen molar-refractivity contribution < 1.29 is 31.9 Å². The van der Waals surface area contributed by atoms with E-state index in [2.05, 4.69) is 4.90 Å². The van der Waals surface area contributed by atoms with Crippen LogP contribution in [-0.4, -0.2) is 68.5 Å². The lowest BCUT2D eigenvalue weighted by atomic mass is 9.92. The Bertz CT molecular complexity index is 1420. The van der Waals surface area contributed by atoms with Crippen molar-refractivity contribution in [3.63, 3.8) is 0 Å². The zero-order chi connectivity index (χ0) is 30.1. The maximum atomic E-state index is 16.3. The monoisotopic (exact) mass is 602 g/mol. The topological polar surface area (TPSA) is 108 Å². The van der Waals surface area contributed by atoms with Gasteiger partial charge in [0.25, 0.3) is 5.91 Å². The third-order valence-corrected chi connectivity index (χ3v) is 9.28. The molecule has 2 amide bonds. The number of carbonyl (C=O) groups excluding carboxylic acids is 2. The Morgan fingerprint density at radius 2 is 1.81 bits per heavy atom. The molecule has 0 unspecified atom stereocenters. The molecule has 0 spiro atoms. The molecule has 10 nitrogen and oxygen atoms in total. The number of amides is 2. The van der Waals surface area contributed by atoms with Crippen LogP contribution in [0.5, 0.6) is 5.75 Å². The highest BCUT2D eigenvalue weighted by atomic mass is 32.2. The molecule has 42 heavy (non-hydrogen) atoms.